The number of nitriles is 1. The summed E-state index contributed by atoms with van der Waals surface area (Å²) in [6.45, 7) is 7.05. The van der Waals surface area contributed by atoms with Crippen LogP contribution in [0.3, 0.4) is 0 Å². The number of rotatable bonds is 2. The van der Waals surface area contributed by atoms with Crippen LogP contribution in [-0.2, 0) is 4.74 Å². The summed E-state index contributed by atoms with van der Waals surface area (Å²) in [4.78, 5) is 0. The minimum atomic E-state index is -0.331. The van der Waals surface area contributed by atoms with Gasteiger partial charge in [-0.3, -0.25) is 0 Å². The molecule has 0 spiro atoms. The third kappa shape index (κ3) is 3.63. The van der Waals surface area contributed by atoms with Gasteiger partial charge in [0.05, 0.1) is 12.2 Å². The first-order chi connectivity index (χ1) is 3.66. The zero-order chi connectivity index (χ0) is 6.57. The van der Waals surface area contributed by atoms with Crippen LogP contribution in [0.25, 0.3) is 0 Å². The highest BCUT2D eigenvalue weighted by Gasteiger charge is 1.99. The second-order valence-electron chi connectivity index (χ2n) is 1.72. The molecule has 45 valence electrons. The molecule has 0 aromatic rings. The molecule has 0 N–H and O–H groups in total. The van der Waals surface area contributed by atoms with Crippen molar-refractivity contribution in [2.75, 3.05) is 0 Å². The van der Waals surface area contributed by atoms with Gasteiger partial charge in [-0.1, -0.05) is 0 Å². The molecule has 0 aliphatic carbocycles. The average Bonchev–Trinajstić information content (AvgIpc) is 1.65. The van der Waals surface area contributed by atoms with Gasteiger partial charge in [0.2, 0.25) is 0 Å². The Kier molecular flexibility index (Phi) is 3.21. The van der Waals surface area contributed by atoms with Crippen molar-refractivity contribution in [1.82, 2.24) is 0 Å². The molecular weight excluding hydrogens is 102 g/mol. The van der Waals surface area contributed by atoms with Crippen LogP contribution in [0.15, 0.2) is 0 Å². The molecule has 1 radical (unpaired) electrons. The minimum Gasteiger partial charge on any atom is -0.361 e. The van der Waals surface area contributed by atoms with Gasteiger partial charge in [0.25, 0.3) is 0 Å². The largest absolute Gasteiger partial charge is 0.361 e. The van der Waals surface area contributed by atoms with Crippen LogP contribution in [0.2, 0.25) is 0 Å². The fourth-order valence-electron chi connectivity index (χ4n) is 0.379. The molecule has 0 saturated heterocycles. The Morgan fingerprint density at radius 3 is 2.25 bits per heavy atom. The van der Waals surface area contributed by atoms with E-state index < -0.39 is 0 Å². The highest BCUT2D eigenvalue weighted by molar-refractivity contribution is 4.80. The number of hydrogen-bond acceptors (Lipinski definition) is 2. The predicted octanol–water partition coefficient (Wildman–Crippen LogP) is 1.14. The fraction of sp³-hybridized carbons (Fsp3) is 0.667. The number of nitrogens with zero attached hydrogens (tertiary/aromatic N) is 1. The fourth-order valence-corrected chi connectivity index (χ4v) is 0.379. The van der Waals surface area contributed by atoms with Crippen molar-refractivity contribution in [3.05, 3.63) is 6.92 Å². The lowest BCUT2D eigenvalue weighted by molar-refractivity contribution is 0.0658. The summed E-state index contributed by atoms with van der Waals surface area (Å²) >= 11 is 0. The van der Waals surface area contributed by atoms with Gasteiger partial charge in [-0.2, -0.15) is 5.26 Å². The summed E-state index contributed by atoms with van der Waals surface area (Å²) in [7, 11) is 0. The van der Waals surface area contributed by atoms with Gasteiger partial charge in [-0.15, -0.1) is 0 Å². The van der Waals surface area contributed by atoms with E-state index in [0.29, 0.717) is 0 Å². The summed E-state index contributed by atoms with van der Waals surface area (Å²) in [5.41, 5.74) is 0. The normalized spacial score (nSPS) is 13.4. The van der Waals surface area contributed by atoms with E-state index in [0.717, 1.165) is 0 Å². The standard InChI is InChI=1S/C6H10NO/c1-5(2)8-6(3)4-7/h5-6H,1H2,2-3H3. The maximum Gasteiger partial charge on any atom is 0.141 e. The van der Waals surface area contributed by atoms with Crippen molar-refractivity contribution in [1.29, 1.82) is 5.26 Å². The molecule has 8 heavy (non-hydrogen) atoms. The zero-order valence-electron chi connectivity index (χ0n) is 5.22. The Labute approximate surface area is 50.1 Å². The molecule has 0 heterocycles. The molecule has 2 heteroatoms. The van der Waals surface area contributed by atoms with Crippen molar-refractivity contribution in [2.45, 2.75) is 26.1 Å². The topological polar surface area (TPSA) is 33.0 Å². The number of ether oxygens (including phenoxy) is 1. The van der Waals surface area contributed by atoms with Crippen LogP contribution in [0.1, 0.15) is 13.8 Å². The predicted molar refractivity (Wildman–Crippen MR) is 31.0 cm³/mol. The van der Waals surface area contributed by atoms with Crippen LogP contribution >= 0.6 is 0 Å². The first-order valence-electron chi connectivity index (χ1n) is 2.55. The lowest BCUT2D eigenvalue weighted by Gasteiger charge is -2.06. The smallest absolute Gasteiger partial charge is 0.141 e. The SMILES string of the molecule is [CH2]C(C)OC(C)C#N. The van der Waals surface area contributed by atoms with Gasteiger partial charge in [-0.05, 0) is 20.8 Å². The quantitative estimate of drug-likeness (QED) is 0.536. The maximum atomic E-state index is 8.18. The molecule has 0 aromatic heterocycles. The molecule has 2 nitrogen and oxygen atoms in total. The highest BCUT2D eigenvalue weighted by Crippen LogP contribution is 1.93. The average molecular weight is 112 g/mol. The third-order valence-electron chi connectivity index (χ3n) is 0.618. The van der Waals surface area contributed by atoms with Crippen LogP contribution in [0, 0.1) is 18.3 Å². The van der Waals surface area contributed by atoms with Gasteiger partial charge in [0, 0.05) is 0 Å². The minimum absolute atomic E-state index is 0.0929. The van der Waals surface area contributed by atoms with Crippen molar-refractivity contribution in [3.63, 3.8) is 0 Å². The van der Waals surface area contributed by atoms with E-state index in [1.54, 1.807) is 13.8 Å². The molecule has 0 bridgehead atoms. The molecule has 2 atom stereocenters. The lowest BCUT2D eigenvalue weighted by atomic mass is 10.4. The van der Waals surface area contributed by atoms with Crippen molar-refractivity contribution in [2.24, 2.45) is 0 Å². The van der Waals surface area contributed by atoms with Gasteiger partial charge in [-0.25, -0.2) is 0 Å². The lowest BCUT2D eigenvalue weighted by Crippen LogP contribution is -2.11. The third-order valence-corrected chi connectivity index (χ3v) is 0.618. The van der Waals surface area contributed by atoms with E-state index in [2.05, 4.69) is 6.92 Å². The van der Waals surface area contributed by atoms with E-state index in [9.17, 15) is 0 Å². The van der Waals surface area contributed by atoms with E-state index in [4.69, 9.17) is 10.00 Å². The van der Waals surface area contributed by atoms with Gasteiger partial charge in [0.15, 0.2) is 0 Å². The van der Waals surface area contributed by atoms with Crippen molar-refractivity contribution < 1.29 is 4.74 Å². The second kappa shape index (κ2) is 3.45. The molecule has 0 aliphatic rings. The van der Waals surface area contributed by atoms with E-state index in [1.165, 1.54) is 0 Å². The van der Waals surface area contributed by atoms with Crippen molar-refractivity contribution in [3.8, 4) is 6.07 Å². The summed E-state index contributed by atoms with van der Waals surface area (Å²) in [6.07, 6.45) is -0.424. The van der Waals surface area contributed by atoms with E-state index >= 15 is 0 Å². The summed E-state index contributed by atoms with van der Waals surface area (Å²) < 4.78 is 4.93. The molecule has 2 unspecified atom stereocenters. The first-order valence-corrected chi connectivity index (χ1v) is 2.55. The summed E-state index contributed by atoms with van der Waals surface area (Å²) in [6, 6.07) is 1.93. The first kappa shape index (κ1) is 7.45. The van der Waals surface area contributed by atoms with Crippen LogP contribution in [0.4, 0.5) is 0 Å². The Hall–Kier alpha value is -0.550. The van der Waals surface area contributed by atoms with Gasteiger partial charge in [0.1, 0.15) is 6.10 Å². The summed E-state index contributed by atoms with van der Waals surface area (Å²) in [5.74, 6) is 0. The van der Waals surface area contributed by atoms with Crippen LogP contribution in [-0.4, -0.2) is 12.2 Å². The Bertz CT molecular complexity index is 93.2. The van der Waals surface area contributed by atoms with E-state index in [-0.39, 0.29) is 12.2 Å². The number of hydrogen-bond donors (Lipinski definition) is 0. The van der Waals surface area contributed by atoms with E-state index in [1.807, 2.05) is 6.07 Å². The second-order valence-corrected chi connectivity index (χ2v) is 1.72. The Morgan fingerprint density at radius 2 is 2.12 bits per heavy atom. The van der Waals surface area contributed by atoms with Crippen LogP contribution < -0.4 is 0 Å². The molecule has 0 rings (SSSR count). The highest BCUT2D eigenvalue weighted by atomic mass is 16.5. The van der Waals surface area contributed by atoms with Gasteiger partial charge < -0.3 is 4.74 Å². The van der Waals surface area contributed by atoms with Crippen molar-refractivity contribution >= 4 is 0 Å². The summed E-state index contributed by atoms with van der Waals surface area (Å²) in [5, 5.41) is 8.18. The zero-order valence-corrected chi connectivity index (χ0v) is 5.22. The molecule has 0 fully saturated rings. The maximum absolute atomic E-state index is 8.18. The monoisotopic (exact) mass is 112 g/mol. The Morgan fingerprint density at radius 1 is 1.62 bits per heavy atom. The Balaban J connectivity index is 3.28. The molecule has 0 saturated carbocycles. The molecule has 0 aliphatic heterocycles. The molecule has 0 aromatic carbocycles. The molecular formula is C6H10NO. The van der Waals surface area contributed by atoms with Gasteiger partial charge >= 0.3 is 0 Å². The molecule has 0 amide bonds. The van der Waals surface area contributed by atoms with Crippen LogP contribution in [0.5, 0.6) is 0 Å².